The summed E-state index contributed by atoms with van der Waals surface area (Å²) < 4.78 is 7.52. The van der Waals surface area contributed by atoms with Crippen LogP contribution in [0.5, 0.6) is 0 Å². The Bertz CT molecular complexity index is 918. The second kappa shape index (κ2) is 9.12. The first-order chi connectivity index (χ1) is 13.5. The molecule has 0 radical (unpaired) electrons. The molecule has 0 saturated heterocycles. The van der Waals surface area contributed by atoms with E-state index in [4.69, 9.17) is 4.42 Å². The van der Waals surface area contributed by atoms with E-state index < -0.39 is 0 Å². The predicted molar refractivity (Wildman–Crippen MR) is 112 cm³/mol. The van der Waals surface area contributed by atoms with Crippen LogP contribution >= 0.6 is 11.8 Å². The number of aryl methyl sites for hydroxylation is 1. The van der Waals surface area contributed by atoms with Crippen molar-refractivity contribution in [2.24, 2.45) is 0 Å². The van der Waals surface area contributed by atoms with Gasteiger partial charge in [0.05, 0.1) is 23.7 Å². The van der Waals surface area contributed by atoms with Gasteiger partial charge in [0.15, 0.2) is 5.16 Å². The topological polar surface area (TPSA) is 63.3 Å². The van der Waals surface area contributed by atoms with Crippen LogP contribution in [0.3, 0.4) is 0 Å². The molecule has 2 heterocycles. The van der Waals surface area contributed by atoms with Gasteiger partial charge in [0.1, 0.15) is 5.76 Å². The van der Waals surface area contributed by atoms with Crippen LogP contribution < -0.4 is 5.32 Å². The highest BCUT2D eigenvalue weighted by Crippen LogP contribution is 2.24. The highest BCUT2D eigenvalue weighted by molar-refractivity contribution is 7.99. The van der Waals surface area contributed by atoms with E-state index in [1.165, 1.54) is 22.9 Å². The number of rotatable bonds is 8. The molecule has 1 unspecified atom stereocenters. The Morgan fingerprint density at radius 2 is 2.11 bits per heavy atom. The molecule has 0 spiro atoms. The molecule has 0 aliphatic heterocycles. The maximum absolute atomic E-state index is 12.4. The van der Waals surface area contributed by atoms with Crippen LogP contribution in [0, 0.1) is 13.8 Å². The quantitative estimate of drug-likeness (QED) is 0.588. The smallest absolute Gasteiger partial charge is 0.230 e. The number of hydrogen-bond acceptors (Lipinski definition) is 5. The summed E-state index contributed by atoms with van der Waals surface area (Å²) in [4.78, 5) is 18.8. The van der Waals surface area contributed by atoms with E-state index in [0.29, 0.717) is 12.3 Å². The second-order valence-electron chi connectivity index (χ2n) is 6.89. The van der Waals surface area contributed by atoms with Gasteiger partial charge in [-0.2, -0.15) is 0 Å². The van der Waals surface area contributed by atoms with Crippen molar-refractivity contribution in [3.05, 3.63) is 65.9 Å². The first-order valence-electron chi connectivity index (χ1n) is 9.16. The standard InChI is InChI=1S/C21H26N4O2S/c1-15-7-5-8-17(16(15)2)25-11-10-22-21(25)28-14-20(26)23-13-18(24(3)4)19-9-6-12-27-19/h5-12,18H,13-14H2,1-4H3,(H,23,26). The van der Waals surface area contributed by atoms with Crippen LogP contribution in [0.15, 0.2) is 58.6 Å². The van der Waals surface area contributed by atoms with Crippen molar-refractivity contribution in [2.45, 2.75) is 25.0 Å². The Morgan fingerprint density at radius 1 is 1.29 bits per heavy atom. The van der Waals surface area contributed by atoms with Crippen LogP contribution in [-0.2, 0) is 4.79 Å². The molecule has 0 fully saturated rings. The molecular weight excluding hydrogens is 372 g/mol. The number of thioether (sulfide) groups is 1. The van der Waals surface area contributed by atoms with Gasteiger partial charge in [0.25, 0.3) is 0 Å². The van der Waals surface area contributed by atoms with Gasteiger partial charge in [-0.25, -0.2) is 4.98 Å². The monoisotopic (exact) mass is 398 g/mol. The number of carbonyl (C=O) groups is 1. The number of aromatic nitrogens is 2. The Kier molecular flexibility index (Phi) is 6.59. The molecule has 3 rings (SSSR count). The van der Waals surface area contributed by atoms with Gasteiger partial charge in [-0.3, -0.25) is 14.3 Å². The molecule has 28 heavy (non-hydrogen) atoms. The molecule has 1 atom stereocenters. The van der Waals surface area contributed by atoms with E-state index in [1.54, 1.807) is 12.5 Å². The van der Waals surface area contributed by atoms with Gasteiger partial charge < -0.3 is 9.73 Å². The molecule has 6 nitrogen and oxygen atoms in total. The summed E-state index contributed by atoms with van der Waals surface area (Å²) in [5, 5.41) is 3.80. The Hall–Kier alpha value is -2.51. The van der Waals surface area contributed by atoms with Crippen molar-refractivity contribution in [1.29, 1.82) is 0 Å². The third kappa shape index (κ3) is 4.66. The first kappa shape index (κ1) is 20.2. The summed E-state index contributed by atoms with van der Waals surface area (Å²) in [6.07, 6.45) is 5.35. The maximum atomic E-state index is 12.4. The summed E-state index contributed by atoms with van der Waals surface area (Å²) >= 11 is 1.43. The lowest BCUT2D eigenvalue weighted by Crippen LogP contribution is -2.35. The largest absolute Gasteiger partial charge is 0.468 e. The SMILES string of the molecule is Cc1cccc(-n2ccnc2SCC(=O)NCC(c2ccco2)N(C)C)c1C. The fourth-order valence-corrected chi connectivity index (χ4v) is 3.78. The number of hydrogen-bond donors (Lipinski definition) is 1. The van der Waals surface area contributed by atoms with Crippen molar-refractivity contribution in [3.8, 4) is 5.69 Å². The predicted octanol–water partition coefficient (Wildman–Crippen LogP) is 3.59. The first-order valence-corrected chi connectivity index (χ1v) is 10.1. The number of nitrogens with one attached hydrogen (secondary N) is 1. The van der Waals surface area contributed by atoms with Crippen molar-refractivity contribution in [3.63, 3.8) is 0 Å². The average molecular weight is 399 g/mol. The molecule has 1 N–H and O–H groups in total. The molecule has 0 saturated carbocycles. The molecule has 2 aromatic heterocycles. The van der Waals surface area contributed by atoms with Gasteiger partial charge in [-0.05, 0) is 57.3 Å². The minimum atomic E-state index is -0.0288. The normalized spacial score (nSPS) is 12.3. The lowest BCUT2D eigenvalue weighted by atomic mass is 10.1. The highest BCUT2D eigenvalue weighted by atomic mass is 32.2. The molecule has 0 aliphatic rings. The zero-order valence-corrected chi connectivity index (χ0v) is 17.5. The van der Waals surface area contributed by atoms with Crippen LogP contribution in [0.4, 0.5) is 0 Å². The summed E-state index contributed by atoms with van der Waals surface area (Å²) in [5.74, 6) is 1.11. The van der Waals surface area contributed by atoms with E-state index >= 15 is 0 Å². The van der Waals surface area contributed by atoms with Gasteiger partial charge in [0.2, 0.25) is 5.91 Å². The summed E-state index contributed by atoms with van der Waals surface area (Å²) in [5.41, 5.74) is 3.53. The van der Waals surface area contributed by atoms with Crippen LogP contribution in [0.2, 0.25) is 0 Å². The summed E-state index contributed by atoms with van der Waals surface area (Å²) in [6.45, 7) is 4.68. The Labute approximate surface area is 169 Å². The molecule has 1 amide bonds. The molecule has 0 bridgehead atoms. The maximum Gasteiger partial charge on any atom is 0.230 e. The Morgan fingerprint density at radius 3 is 2.82 bits per heavy atom. The molecular formula is C21H26N4O2S. The third-order valence-corrected chi connectivity index (χ3v) is 5.73. The summed E-state index contributed by atoms with van der Waals surface area (Å²) in [7, 11) is 3.93. The number of carbonyl (C=O) groups excluding carboxylic acids is 1. The number of nitrogens with zero attached hydrogens (tertiary/aromatic N) is 3. The van der Waals surface area contributed by atoms with E-state index in [-0.39, 0.29) is 11.9 Å². The second-order valence-corrected chi connectivity index (χ2v) is 7.83. The molecule has 0 aliphatic carbocycles. The van der Waals surface area contributed by atoms with Gasteiger partial charge in [-0.15, -0.1) is 0 Å². The Balaban J connectivity index is 1.60. The van der Waals surface area contributed by atoms with Crippen LogP contribution in [0.1, 0.15) is 22.9 Å². The molecule has 1 aromatic carbocycles. The number of furan rings is 1. The van der Waals surface area contributed by atoms with E-state index in [2.05, 4.69) is 36.3 Å². The van der Waals surface area contributed by atoms with E-state index in [9.17, 15) is 4.79 Å². The van der Waals surface area contributed by atoms with Gasteiger partial charge in [0, 0.05) is 18.9 Å². The third-order valence-electron chi connectivity index (χ3n) is 4.76. The van der Waals surface area contributed by atoms with Crippen LogP contribution in [0.25, 0.3) is 5.69 Å². The zero-order valence-electron chi connectivity index (χ0n) is 16.7. The molecule has 148 valence electrons. The van der Waals surface area contributed by atoms with E-state index in [1.807, 2.05) is 48.0 Å². The minimum absolute atomic E-state index is 0.000815. The van der Waals surface area contributed by atoms with Crippen molar-refractivity contribution < 1.29 is 9.21 Å². The lowest BCUT2D eigenvalue weighted by molar-refractivity contribution is -0.118. The summed E-state index contributed by atoms with van der Waals surface area (Å²) in [6, 6.07) is 9.98. The zero-order chi connectivity index (χ0) is 20.1. The number of likely N-dealkylation sites (N-methyl/N-ethyl adjacent to an activating group) is 1. The van der Waals surface area contributed by atoms with Gasteiger partial charge in [-0.1, -0.05) is 23.9 Å². The van der Waals surface area contributed by atoms with Crippen LogP contribution in [-0.4, -0.2) is 46.8 Å². The number of benzene rings is 1. The fourth-order valence-electron chi connectivity index (χ4n) is 2.99. The van der Waals surface area contributed by atoms with Crippen molar-refractivity contribution in [2.75, 3.05) is 26.4 Å². The number of imidazole rings is 1. The van der Waals surface area contributed by atoms with Gasteiger partial charge >= 0.3 is 0 Å². The molecule has 7 heteroatoms. The van der Waals surface area contributed by atoms with Crippen molar-refractivity contribution >= 4 is 17.7 Å². The molecule has 3 aromatic rings. The minimum Gasteiger partial charge on any atom is -0.468 e. The number of amides is 1. The van der Waals surface area contributed by atoms with E-state index in [0.717, 1.165) is 16.6 Å². The average Bonchev–Trinajstić information content (AvgIpc) is 3.34. The highest BCUT2D eigenvalue weighted by Gasteiger charge is 2.18. The lowest BCUT2D eigenvalue weighted by Gasteiger charge is -2.22. The van der Waals surface area contributed by atoms with Crippen molar-refractivity contribution in [1.82, 2.24) is 19.8 Å². The fraction of sp³-hybridized carbons (Fsp3) is 0.333.